The van der Waals surface area contributed by atoms with Crippen molar-refractivity contribution in [2.45, 2.75) is 13.0 Å². The van der Waals surface area contributed by atoms with Crippen LogP contribution in [0.3, 0.4) is 0 Å². The number of anilines is 1. The summed E-state index contributed by atoms with van der Waals surface area (Å²) in [5, 5.41) is 15.0. The van der Waals surface area contributed by atoms with Crippen molar-refractivity contribution < 1.29 is 4.52 Å². The van der Waals surface area contributed by atoms with E-state index in [4.69, 9.17) is 9.78 Å². The standard InChI is InChI=1S/C18H18N6OS/c1-13(18-21-17(22-25-18)15-3-2-10-26-15)23-6-8-24(9-7-23)16-5-4-14(11-19)12-20-16/h2-5,10,12-13H,6-9H2,1H3. The number of hydrogen-bond donors (Lipinski definition) is 0. The Morgan fingerprint density at radius 3 is 2.73 bits per heavy atom. The third-order valence-electron chi connectivity index (χ3n) is 4.60. The first-order valence-electron chi connectivity index (χ1n) is 8.47. The normalized spacial score (nSPS) is 16.4. The minimum Gasteiger partial charge on any atom is -0.354 e. The van der Waals surface area contributed by atoms with Crippen molar-refractivity contribution >= 4 is 17.2 Å². The van der Waals surface area contributed by atoms with E-state index in [1.54, 1.807) is 17.5 Å². The first-order chi connectivity index (χ1) is 12.7. The van der Waals surface area contributed by atoms with Gasteiger partial charge in [0.15, 0.2) is 0 Å². The molecule has 7 nitrogen and oxygen atoms in total. The molecule has 1 saturated heterocycles. The molecular formula is C18H18N6OS. The Morgan fingerprint density at radius 2 is 2.08 bits per heavy atom. The molecule has 132 valence electrons. The van der Waals surface area contributed by atoms with E-state index in [2.05, 4.69) is 37.9 Å². The highest BCUT2D eigenvalue weighted by Crippen LogP contribution is 2.26. The zero-order valence-electron chi connectivity index (χ0n) is 14.4. The maximum atomic E-state index is 8.88. The largest absolute Gasteiger partial charge is 0.354 e. The van der Waals surface area contributed by atoms with E-state index in [0.717, 1.165) is 36.9 Å². The van der Waals surface area contributed by atoms with Gasteiger partial charge in [-0.1, -0.05) is 11.2 Å². The lowest BCUT2D eigenvalue weighted by molar-refractivity contribution is 0.164. The van der Waals surface area contributed by atoms with Crippen molar-refractivity contribution in [3.8, 4) is 16.8 Å². The lowest BCUT2D eigenvalue weighted by Gasteiger charge is -2.37. The van der Waals surface area contributed by atoms with Gasteiger partial charge in [-0.2, -0.15) is 10.2 Å². The number of hydrogen-bond acceptors (Lipinski definition) is 8. The van der Waals surface area contributed by atoms with Crippen LogP contribution in [0.2, 0.25) is 0 Å². The average molecular weight is 366 g/mol. The van der Waals surface area contributed by atoms with Crippen molar-refractivity contribution in [1.29, 1.82) is 5.26 Å². The predicted molar refractivity (Wildman–Crippen MR) is 98.8 cm³/mol. The van der Waals surface area contributed by atoms with Crippen LogP contribution in [0.1, 0.15) is 24.4 Å². The zero-order valence-corrected chi connectivity index (χ0v) is 15.2. The predicted octanol–water partition coefficient (Wildman–Crippen LogP) is 2.95. The number of piperazine rings is 1. The Labute approximate surface area is 155 Å². The number of aromatic nitrogens is 3. The maximum absolute atomic E-state index is 8.88. The molecule has 0 aliphatic carbocycles. The smallest absolute Gasteiger partial charge is 0.244 e. The van der Waals surface area contributed by atoms with Crippen molar-refractivity contribution in [3.63, 3.8) is 0 Å². The van der Waals surface area contributed by atoms with Gasteiger partial charge in [0, 0.05) is 32.4 Å². The Kier molecular flexibility index (Phi) is 4.65. The molecule has 1 aliphatic rings. The molecule has 0 N–H and O–H groups in total. The van der Waals surface area contributed by atoms with Gasteiger partial charge in [0.05, 0.1) is 16.5 Å². The highest BCUT2D eigenvalue weighted by Gasteiger charge is 2.26. The van der Waals surface area contributed by atoms with E-state index in [0.29, 0.717) is 17.3 Å². The molecule has 4 rings (SSSR count). The van der Waals surface area contributed by atoms with Crippen LogP contribution in [-0.2, 0) is 0 Å². The van der Waals surface area contributed by atoms with E-state index < -0.39 is 0 Å². The van der Waals surface area contributed by atoms with Crippen LogP contribution in [-0.4, -0.2) is 46.2 Å². The second kappa shape index (κ2) is 7.23. The van der Waals surface area contributed by atoms with Gasteiger partial charge in [-0.25, -0.2) is 4.98 Å². The van der Waals surface area contributed by atoms with Crippen LogP contribution in [0.4, 0.5) is 5.82 Å². The molecule has 0 aromatic carbocycles. The van der Waals surface area contributed by atoms with E-state index in [9.17, 15) is 0 Å². The number of rotatable bonds is 4. The van der Waals surface area contributed by atoms with Gasteiger partial charge in [-0.15, -0.1) is 11.3 Å². The molecule has 0 radical (unpaired) electrons. The topological polar surface area (TPSA) is 82.1 Å². The first-order valence-corrected chi connectivity index (χ1v) is 9.35. The molecule has 0 saturated carbocycles. The van der Waals surface area contributed by atoms with Crippen LogP contribution in [0, 0.1) is 11.3 Å². The fourth-order valence-electron chi connectivity index (χ4n) is 3.04. The maximum Gasteiger partial charge on any atom is 0.244 e. The minimum atomic E-state index is 0.0762. The molecule has 1 fully saturated rings. The molecule has 8 heteroatoms. The first kappa shape index (κ1) is 16.7. The van der Waals surface area contributed by atoms with Crippen LogP contribution < -0.4 is 4.90 Å². The highest BCUT2D eigenvalue weighted by molar-refractivity contribution is 7.13. The average Bonchev–Trinajstić information content (AvgIpc) is 3.39. The van der Waals surface area contributed by atoms with Crippen LogP contribution in [0.25, 0.3) is 10.7 Å². The summed E-state index contributed by atoms with van der Waals surface area (Å²) in [6.45, 7) is 5.62. The van der Waals surface area contributed by atoms with Gasteiger partial charge < -0.3 is 9.42 Å². The molecule has 1 atom stereocenters. The summed E-state index contributed by atoms with van der Waals surface area (Å²) in [7, 11) is 0. The summed E-state index contributed by atoms with van der Waals surface area (Å²) < 4.78 is 5.49. The van der Waals surface area contributed by atoms with Crippen molar-refractivity contribution in [2.75, 3.05) is 31.1 Å². The molecule has 3 aromatic rings. The lowest BCUT2D eigenvalue weighted by atomic mass is 10.2. The van der Waals surface area contributed by atoms with Crippen LogP contribution in [0.5, 0.6) is 0 Å². The zero-order chi connectivity index (χ0) is 17.9. The SMILES string of the molecule is CC(c1nc(-c2cccs2)no1)N1CCN(c2ccc(C#N)cn2)CC1. The molecule has 1 aliphatic heterocycles. The number of nitriles is 1. The van der Waals surface area contributed by atoms with Crippen LogP contribution in [0.15, 0.2) is 40.4 Å². The molecule has 0 spiro atoms. The van der Waals surface area contributed by atoms with Gasteiger partial charge in [-0.3, -0.25) is 4.90 Å². The van der Waals surface area contributed by atoms with Crippen molar-refractivity contribution in [3.05, 3.63) is 47.3 Å². The Hall–Kier alpha value is -2.76. The molecule has 4 heterocycles. The fraction of sp³-hybridized carbons (Fsp3) is 0.333. The summed E-state index contributed by atoms with van der Waals surface area (Å²) >= 11 is 1.60. The molecule has 26 heavy (non-hydrogen) atoms. The number of thiophene rings is 1. The third-order valence-corrected chi connectivity index (χ3v) is 5.47. The van der Waals surface area contributed by atoms with Crippen molar-refractivity contribution in [2.24, 2.45) is 0 Å². The van der Waals surface area contributed by atoms with Gasteiger partial charge >= 0.3 is 0 Å². The lowest BCUT2D eigenvalue weighted by Crippen LogP contribution is -2.47. The van der Waals surface area contributed by atoms with Crippen LogP contribution >= 0.6 is 11.3 Å². The van der Waals surface area contributed by atoms with E-state index in [1.165, 1.54) is 0 Å². The van der Waals surface area contributed by atoms with E-state index >= 15 is 0 Å². The summed E-state index contributed by atoms with van der Waals surface area (Å²) in [6.07, 6.45) is 1.62. The summed E-state index contributed by atoms with van der Waals surface area (Å²) in [6, 6.07) is 9.86. The molecule has 1 unspecified atom stereocenters. The summed E-state index contributed by atoms with van der Waals surface area (Å²) in [5.41, 5.74) is 0.582. The molecular weight excluding hydrogens is 348 g/mol. The summed E-state index contributed by atoms with van der Waals surface area (Å²) in [5.74, 6) is 2.22. The second-order valence-corrected chi connectivity index (χ2v) is 7.10. The van der Waals surface area contributed by atoms with Gasteiger partial charge in [0.1, 0.15) is 11.9 Å². The summed E-state index contributed by atoms with van der Waals surface area (Å²) in [4.78, 5) is 14.5. The van der Waals surface area contributed by atoms with Gasteiger partial charge in [0.25, 0.3) is 0 Å². The van der Waals surface area contributed by atoms with Gasteiger partial charge in [0.2, 0.25) is 11.7 Å². The fourth-order valence-corrected chi connectivity index (χ4v) is 3.69. The van der Waals surface area contributed by atoms with E-state index in [-0.39, 0.29) is 6.04 Å². The Bertz CT molecular complexity index is 891. The monoisotopic (exact) mass is 366 g/mol. The van der Waals surface area contributed by atoms with Crippen molar-refractivity contribution in [1.82, 2.24) is 20.0 Å². The third kappa shape index (κ3) is 3.31. The molecule has 3 aromatic heterocycles. The minimum absolute atomic E-state index is 0.0762. The van der Waals surface area contributed by atoms with Gasteiger partial charge in [-0.05, 0) is 30.5 Å². The quantitative estimate of drug-likeness (QED) is 0.702. The molecule has 0 amide bonds. The molecule has 0 bridgehead atoms. The number of pyridine rings is 1. The number of nitrogens with zero attached hydrogens (tertiary/aromatic N) is 6. The Morgan fingerprint density at radius 1 is 1.23 bits per heavy atom. The van der Waals surface area contributed by atoms with E-state index in [1.807, 2.05) is 29.6 Å². The highest BCUT2D eigenvalue weighted by atomic mass is 32.1. The Balaban J connectivity index is 1.39. The second-order valence-electron chi connectivity index (χ2n) is 6.15.